The van der Waals surface area contributed by atoms with Crippen molar-refractivity contribution in [3.8, 4) is 0 Å². The second-order valence-electron chi connectivity index (χ2n) is 6.74. The highest BCUT2D eigenvalue weighted by molar-refractivity contribution is 5.94. The van der Waals surface area contributed by atoms with Crippen LogP contribution in [0.2, 0.25) is 0 Å². The Bertz CT molecular complexity index is 470. The van der Waals surface area contributed by atoms with E-state index in [0.717, 1.165) is 37.7 Å². The van der Waals surface area contributed by atoms with Gasteiger partial charge in [-0.05, 0) is 57.1 Å². The number of nitrogens with one attached hydrogen (secondary N) is 1. The van der Waals surface area contributed by atoms with Crippen LogP contribution in [0.25, 0.3) is 0 Å². The van der Waals surface area contributed by atoms with Gasteiger partial charge in [0, 0.05) is 31.7 Å². The molecule has 4 heteroatoms. The highest BCUT2D eigenvalue weighted by atomic mass is 16.1. The van der Waals surface area contributed by atoms with Crippen molar-refractivity contribution in [3.63, 3.8) is 0 Å². The zero-order chi connectivity index (χ0) is 15.9. The number of likely N-dealkylation sites (tertiary alicyclic amines) is 1. The van der Waals surface area contributed by atoms with E-state index in [1.807, 2.05) is 38.4 Å². The van der Waals surface area contributed by atoms with E-state index in [0.29, 0.717) is 0 Å². The molecule has 0 unspecified atom stereocenters. The van der Waals surface area contributed by atoms with E-state index in [4.69, 9.17) is 0 Å². The molecule has 1 heterocycles. The fourth-order valence-corrected chi connectivity index (χ4v) is 3.05. The van der Waals surface area contributed by atoms with Gasteiger partial charge in [-0.25, -0.2) is 0 Å². The van der Waals surface area contributed by atoms with Crippen LogP contribution in [0, 0.1) is 5.92 Å². The highest BCUT2D eigenvalue weighted by Gasteiger charge is 2.15. The zero-order valence-electron chi connectivity index (χ0n) is 14.1. The monoisotopic (exact) mass is 303 g/mol. The first-order valence-electron chi connectivity index (χ1n) is 8.29. The normalized spacial score (nSPS) is 19.4. The number of hydrogen-bond donors (Lipinski definition) is 1. The van der Waals surface area contributed by atoms with Crippen LogP contribution in [0.3, 0.4) is 0 Å². The Morgan fingerprint density at radius 2 is 2.05 bits per heavy atom. The van der Waals surface area contributed by atoms with Crippen molar-refractivity contribution >= 4 is 5.91 Å². The van der Waals surface area contributed by atoms with Gasteiger partial charge in [-0.3, -0.25) is 4.79 Å². The summed E-state index contributed by atoms with van der Waals surface area (Å²) in [6.45, 7) is 7.21. The molecule has 22 heavy (non-hydrogen) atoms. The summed E-state index contributed by atoms with van der Waals surface area (Å²) in [5.74, 6) is 0.815. The number of nitrogens with zero attached hydrogens (tertiary/aromatic N) is 2. The van der Waals surface area contributed by atoms with Crippen molar-refractivity contribution in [1.82, 2.24) is 15.1 Å². The van der Waals surface area contributed by atoms with Crippen molar-refractivity contribution in [3.05, 3.63) is 35.4 Å². The van der Waals surface area contributed by atoms with Crippen molar-refractivity contribution in [2.24, 2.45) is 5.92 Å². The number of hydrogen-bond acceptors (Lipinski definition) is 3. The first-order chi connectivity index (χ1) is 10.5. The van der Waals surface area contributed by atoms with Gasteiger partial charge in [-0.15, -0.1) is 0 Å². The van der Waals surface area contributed by atoms with E-state index in [9.17, 15) is 4.79 Å². The van der Waals surface area contributed by atoms with Crippen molar-refractivity contribution in [1.29, 1.82) is 0 Å². The van der Waals surface area contributed by atoms with Crippen molar-refractivity contribution in [2.75, 3.05) is 40.3 Å². The second kappa shape index (κ2) is 8.30. The number of benzene rings is 1. The van der Waals surface area contributed by atoms with Gasteiger partial charge in [0.2, 0.25) is 0 Å². The summed E-state index contributed by atoms with van der Waals surface area (Å²) in [7, 11) is 4.09. The predicted octanol–water partition coefficient (Wildman–Crippen LogP) is 2.21. The maximum absolute atomic E-state index is 12.1. The molecule has 1 N–H and O–H groups in total. The van der Waals surface area contributed by atoms with E-state index >= 15 is 0 Å². The minimum absolute atomic E-state index is 0.0291. The van der Waals surface area contributed by atoms with Gasteiger partial charge in [-0.1, -0.05) is 19.1 Å². The number of rotatable bonds is 6. The quantitative estimate of drug-likeness (QED) is 0.875. The minimum Gasteiger partial charge on any atom is -0.351 e. The first kappa shape index (κ1) is 17.0. The molecule has 4 nitrogen and oxygen atoms in total. The summed E-state index contributed by atoms with van der Waals surface area (Å²) in [4.78, 5) is 16.7. The van der Waals surface area contributed by atoms with Crippen molar-refractivity contribution < 1.29 is 4.79 Å². The summed E-state index contributed by atoms with van der Waals surface area (Å²) < 4.78 is 0. The Labute approximate surface area is 134 Å². The maximum Gasteiger partial charge on any atom is 0.251 e. The molecule has 2 rings (SSSR count). The largest absolute Gasteiger partial charge is 0.351 e. The fraction of sp³-hybridized carbons (Fsp3) is 0.611. The lowest BCUT2D eigenvalue weighted by Gasteiger charge is -2.30. The smallest absolute Gasteiger partial charge is 0.251 e. The average molecular weight is 303 g/mol. The molecule has 0 aromatic heterocycles. The SMILES string of the molecule is C[C@H]1CCCN(CCNC(=O)c2ccc(CN(C)C)cc2)C1. The molecule has 0 spiro atoms. The third-order valence-corrected chi connectivity index (χ3v) is 4.17. The van der Waals surface area contributed by atoms with Crippen molar-refractivity contribution in [2.45, 2.75) is 26.3 Å². The molecule has 1 atom stereocenters. The number of carbonyl (C=O) groups is 1. The van der Waals surface area contributed by atoms with Gasteiger partial charge in [0.15, 0.2) is 0 Å². The molecule has 0 saturated carbocycles. The lowest BCUT2D eigenvalue weighted by atomic mass is 10.0. The van der Waals surface area contributed by atoms with Crippen LogP contribution in [0.1, 0.15) is 35.7 Å². The Hall–Kier alpha value is -1.39. The van der Waals surface area contributed by atoms with E-state index in [1.54, 1.807) is 0 Å². The first-order valence-corrected chi connectivity index (χ1v) is 8.29. The molecule has 1 fully saturated rings. The Kier molecular flexibility index (Phi) is 6.40. The number of carbonyl (C=O) groups excluding carboxylic acids is 1. The van der Waals surface area contributed by atoms with Crippen LogP contribution in [0.5, 0.6) is 0 Å². The van der Waals surface area contributed by atoms with Crippen LogP contribution in [0.15, 0.2) is 24.3 Å². The molecule has 122 valence electrons. The van der Waals surface area contributed by atoms with Gasteiger partial charge in [-0.2, -0.15) is 0 Å². The van der Waals surface area contributed by atoms with E-state index in [-0.39, 0.29) is 5.91 Å². The molecule has 1 aromatic rings. The lowest BCUT2D eigenvalue weighted by molar-refractivity contribution is 0.0944. The Balaban J connectivity index is 1.74. The van der Waals surface area contributed by atoms with Crippen LogP contribution in [-0.4, -0.2) is 56.0 Å². The van der Waals surface area contributed by atoms with Gasteiger partial charge >= 0.3 is 0 Å². The van der Waals surface area contributed by atoms with Gasteiger partial charge in [0.05, 0.1) is 0 Å². The molecule has 1 aliphatic heterocycles. The molecule has 1 amide bonds. The summed E-state index contributed by atoms with van der Waals surface area (Å²) in [6.07, 6.45) is 2.62. The molecule has 1 aromatic carbocycles. The van der Waals surface area contributed by atoms with Crippen LogP contribution in [0.4, 0.5) is 0 Å². The van der Waals surface area contributed by atoms with Gasteiger partial charge < -0.3 is 15.1 Å². The third-order valence-electron chi connectivity index (χ3n) is 4.17. The molecule has 0 bridgehead atoms. The molecular weight excluding hydrogens is 274 g/mol. The van der Waals surface area contributed by atoms with Gasteiger partial charge in [0.25, 0.3) is 5.91 Å². The lowest BCUT2D eigenvalue weighted by Crippen LogP contribution is -2.40. The summed E-state index contributed by atoms with van der Waals surface area (Å²) in [5.41, 5.74) is 1.97. The molecular formula is C18H29N3O. The molecule has 0 radical (unpaired) electrons. The third kappa shape index (κ3) is 5.43. The Morgan fingerprint density at radius 1 is 1.32 bits per heavy atom. The van der Waals surface area contributed by atoms with Crippen LogP contribution < -0.4 is 5.32 Å². The minimum atomic E-state index is 0.0291. The zero-order valence-corrected chi connectivity index (χ0v) is 14.1. The standard InChI is InChI=1S/C18H29N3O/c1-15-5-4-11-21(13-15)12-10-19-18(22)17-8-6-16(7-9-17)14-20(2)3/h6-9,15H,4-5,10-14H2,1-3H3,(H,19,22)/t15-/m0/s1. The molecule has 0 aliphatic carbocycles. The summed E-state index contributed by atoms with van der Waals surface area (Å²) in [5, 5.41) is 3.03. The second-order valence-corrected chi connectivity index (χ2v) is 6.74. The number of piperidine rings is 1. The molecule has 1 aliphatic rings. The summed E-state index contributed by atoms with van der Waals surface area (Å²) in [6, 6.07) is 7.89. The van der Waals surface area contributed by atoms with Crippen LogP contribution in [-0.2, 0) is 6.54 Å². The topological polar surface area (TPSA) is 35.6 Å². The molecule has 1 saturated heterocycles. The maximum atomic E-state index is 12.1. The fourth-order valence-electron chi connectivity index (χ4n) is 3.05. The van der Waals surface area contributed by atoms with E-state index in [1.165, 1.54) is 24.9 Å². The predicted molar refractivity (Wildman–Crippen MR) is 91.0 cm³/mol. The Morgan fingerprint density at radius 3 is 2.68 bits per heavy atom. The van der Waals surface area contributed by atoms with E-state index in [2.05, 4.69) is 22.0 Å². The number of amides is 1. The highest BCUT2D eigenvalue weighted by Crippen LogP contribution is 2.14. The average Bonchev–Trinajstić information content (AvgIpc) is 2.47. The van der Waals surface area contributed by atoms with E-state index < -0.39 is 0 Å². The van der Waals surface area contributed by atoms with Crippen LogP contribution >= 0.6 is 0 Å². The summed E-state index contributed by atoms with van der Waals surface area (Å²) >= 11 is 0. The van der Waals surface area contributed by atoms with Gasteiger partial charge in [0.1, 0.15) is 0 Å².